The van der Waals surface area contributed by atoms with E-state index in [2.05, 4.69) is 41.8 Å². The first-order chi connectivity index (χ1) is 9.29. The lowest BCUT2D eigenvalue weighted by Gasteiger charge is -2.39. The Hall–Kier alpha value is -1.41. The Morgan fingerprint density at radius 1 is 1.26 bits per heavy atom. The van der Waals surface area contributed by atoms with Crippen molar-refractivity contribution in [3.63, 3.8) is 0 Å². The number of allylic oxidation sites excluding steroid dienone is 1. The Balaban J connectivity index is 1.79. The SMILES string of the molecule is C=CC[C@@H]1C(=O)CC2CC[C@@H]1N2Cc1ccccc1. The van der Waals surface area contributed by atoms with Crippen molar-refractivity contribution in [2.24, 2.45) is 5.92 Å². The van der Waals surface area contributed by atoms with Crippen LogP contribution >= 0.6 is 0 Å². The van der Waals surface area contributed by atoms with E-state index in [-0.39, 0.29) is 5.92 Å². The lowest BCUT2D eigenvalue weighted by Crippen LogP contribution is -2.48. The summed E-state index contributed by atoms with van der Waals surface area (Å²) >= 11 is 0. The van der Waals surface area contributed by atoms with Gasteiger partial charge in [-0.2, -0.15) is 0 Å². The predicted molar refractivity (Wildman–Crippen MR) is 76.7 cm³/mol. The first kappa shape index (κ1) is 12.6. The summed E-state index contributed by atoms with van der Waals surface area (Å²) < 4.78 is 0. The minimum absolute atomic E-state index is 0.181. The van der Waals surface area contributed by atoms with Crippen molar-refractivity contribution >= 4 is 5.78 Å². The summed E-state index contributed by atoms with van der Waals surface area (Å²) in [4.78, 5) is 14.7. The van der Waals surface area contributed by atoms with Crippen molar-refractivity contribution in [3.05, 3.63) is 48.6 Å². The summed E-state index contributed by atoms with van der Waals surface area (Å²) in [6.45, 7) is 4.79. The Labute approximate surface area is 115 Å². The van der Waals surface area contributed by atoms with Crippen LogP contribution in [0.4, 0.5) is 0 Å². The van der Waals surface area contributed by atoms with Gasteiger partial charge in [0.2, 0.25) is 0 Å². The van der Waals surface area contributed by atoms with Crippen molar-refractivity contribution in [2.75, 3.05) is 0 Å². The highest BCUT2D eigenvalue weighted by molar-refractivity contribution is 5.83. The lowest BCUT2D eigenvalue weighted by molar-refractivity contribution is -0.129. The summed E-state index contributed by atoms with van der Waals surface area (Å²) in [5.74, 6) is 0.636. The topological polar surface area (TPSA) is 20.3 Å². The van der Waals surface area contributed by atoms with E-state index in [1.54, 1.807) is 0 Å². The van der Waals surface area contributed by atoms with Gasteiger partial charge >= 0.3 is 0 Å². The number of hydrogen-bond donors (Lipinski definition) is 0. The molecule has 19 heavy (non-hydrogen) atoms. The Bertz CT molecular complexity index is 467. The van der Waals surface area contributed by atoms with Crippen LogP contribution in [0.15, 0.2) is 43.0 Å². The highest BCUT2D eigenvalue weighted by Crippen LogP contribution is 2.39. The zero-order chi connectivity index (χ0) is 13.2. The third kappa shape index (κ3) is 2.37. The van der Waals surface area contributed by atoms with E-state index in [1.807, 2.05) is 6.08 Å². The molecule has 3 rings (SSSR count). The second-order valence-corrected chi connectivity index (χ2v) is 5.76. The van der Waals surface area contributed by atoms with Gasteiger partial charge in [-0.05, 0) is 24.8 Å². The monoisotopic (exact) mass is 255 g/mol. The quantitative estimate of drug-likeness (QED) is 0.770. The maximum Gasteiger partial charge on any atom is 0.139 e. The van der Waals surface area contributed by atoms with Gasteiger partial charge in [0.15, 0.2) is 0 Å². The van der Waals surface area contributed by atoms with E-state index in [0.29, 0.717) is 17.9 Å². The minimum atomic E-state index is 0.181. The van der Waals surface area contributed by atoms with Crippen molar-refractivity contribution in [2.45, 2.75) is 44.3 Å². The van der Waals surface area contributed by atoms with Crippen molar-refractivity contribution in [1.82, 2.24) is 4.90 Å². The van der Waals surface area contributed by atoms with Gasteiger partial charge in [-0.15, -0.1) is 6.58 Å². The number of nitrogens with zero attached hydrogens (tertiary/aromatic N) is 1. The fourth-order valence-corrected chi connectivity index (χ4v) is 3.72. The fraction of sp³-hybridized carbons (Fsp3) is 0.471. The van der Waals surface area contributed by atoms with E-state index >= 15 is 0 Å². The van der Waals surface area contributed by atoms with Crippen molar-refractivity contribution in [3.8, 4) is 0 Å². The van der Waals surface area contributed by atoms with Gasteiger partial charge in [-0.1, -0.05) is 36.4 Å². The molecule has 2 aliphatic rings. The van der Waals surface area contributed by atoms with Gasteiger partial charge in [0.25, 0.3) is 0 Å². The van der Waals surface area contributed by atoms with Gasteiger partial charge in [-0.25, -0.2) is 0 Å². The van der Waals surface area contributed by atoms with Crippen LogP contribution in [-0.4, -0.2) is 22.8 Å². The number of hydrogen-bond acceptors (Lipinski definition) is 2. The number of ketones is 1. The zero-order valence-corrected chi connectivity index (χ0v) is 11.3. The van der Waals surface area contributed by atoms with Crippen LogP contribution in [0.3, 0.4) is 0 Å². The molecular weight excluding hydrogens is 234 g/mol. The normalized spacial score (nSPS) is 30.5. The number of carbonyl (C=O) groups excluding carboxylic acids is 1. The Kier molecular flexibility index (Phi) is 3.52. The molecular formula is C17H21NO. The third-order valence-corrected chi connectivity index (χ3v) is 4.63. The Morgan fingerprint density at radius 3 is 2.79 bits per heavy atom. The zero-order valence-electron chi connectivity index (χ0n) is 11.3. The smallest absolute Gasteiger partial charge is 0.139 e. The summed E-state index contributed by atoms with van der Waals surface area (Å²) in [7, 11) is 0. The molecule has 3 atom stereocenters. The second kappa shape index (κ2) is 5.30. The van der Waals surface area contributed by atoms with Crippen LogP contribution in [0.1, 0.15) is 31.2 Å². The largest absolute Gasteiger partial charge is 0.299 e. The van der Waals surface area contributed by atoms with Crippen LogP contribution in [0.5, 0.6) is 0 Å². The van der Waals surface area contributed by atoms with Crippen LogP contribution in [0.2, 0.25) is 0 Å². The maximum absolute atomic E-state index is 12.2. The standard InChI is InChI=1S/C17H21NO/c1-2-6-15-16-10-9-14(11-17(15)19)18(16)12-13-7-4-3-5-8-13/h2-5,7-8,14-16H,1,6,9-12H2/t14?,15-,16-/m0/s1. The number of Topliss-reactive ketones (excluding diaryl/α,β-unsaturated/α-hetero) is 1. The molecule has 2 nitrogen and oxygen atoms in total. The molecule has 2 heterocycles. The predicted octanol–water partition coefficient (Wildman–Crippen LogP) is 3.18. The van der Waals surface area contributed by atoms with Gasteiger partial charge in [-0.3, -0.25) is 9.69 Å². The minimum Gasteiger partial charge on any atom is -0.299 e. The highest BCUT2D eigenvalue weighted by atomic mass is 16.1. The van der Waals surface area contributed by atoms with Gasteiger partial charge < -0.3 is 0 Å². The highest BCUT2D eigenvalue weighted by Gasteiger charge is 2.45. The van der Waals surface area contributed by atoms with Crippen LogP contribution in [-0.2, 0) is 11.3 Å². The van der Waals surface area contributed by atoms with Crippen LogP contribution in [0, 0.1) is 5.92 Å². The summed E-state index contributed by atoms with van der Waals surface area (Å²) in [5, 5.41) is 0. The fourth-order valence-electron chi connectivity index (χ4n) is 3.72. The number of rotatable bonds is 4. The number of carbonyl (C=O) groups is 1. The average molecular weight is 255 g/mol. The van der Waals surface area contributed by atoms with E-state index in [9.17, 15) is 4.79 Å². The van der Waals surface area contributed by atoms with Crippen LogP contribution in [0.25, 0.3) is 0 Å². The van der Waals surface area contributed by atoms with Gasteiger partial charge in [0.1, 0.15) is 5.78 Å². The molecule has 2 fully saturated rings. The molecule has 0 aromatic heterocycles. The molecule has 0 radical (unpaired) electrons. The van der Waals surface area contributed by atoms with Crippen LogP contribution < -0.4 is 0 Å². The first-order valence-corrected chi connectivity index (χ1v) is 7.23. The average Bonchev–Trinajstić information content (AvgIpc) is 2.71. The van der Waals surface area contributed by atoms with E-state index < -0.39 is 0 Å². The van der Waals surface area contributed by atoms with E-state index in [1.165, 1.54) is 18.4 Å². The molecule has 0 N–H and O–H groups in total. The van der Waals surface area contributed by atoms with Gasteiger partial charge in [0, 0.05) is 31.0 Å². The molecule has 1 unspecified atom stereocenters. The van der Waals surface area contributed by atoms with E-state index in [0.717, 1.165) is 19.4 Å². The maximum atomic E-state index is 12.2. The number of piperidine rings is 1. The molecule has 2 saturated heterocycles. The van der Waals surface area contributed by atoms with Crippen molar-refractivity contribution < 1.29 is 4.79 Å². The Morgan fingerprint density at radius 2 is 2.05 bits per heavy atom. The number of fused-ring (bicyclic) bond motifs is 2. The van der Waals surface area contributed by atoms with E-state index in [4.69, 9.17) is 0 Å². The molecule has 1 aromatic carbocycles. The first-order valence-electron chi connectivity index (χ1n) is 7.23. The molecule has 0 saturated carbocycles. The van der Waals surface area contributed by atoms with Crippen molar-refractivity contribution in [1.29, 1.82) is 0 Å². The third-order valence-electron chi connectivity index (χ3n) is 4.63. The molecule has 0 aliphatic carbocycles. The summed E-state index contributed by atoms with van der Waals surface area (Å²) in [6.07, 6.45) is 5.82. The second-order valence-electron chi connectivity index (χ2n) is 5.76. The molecule has 2 aliphatic heterocycles. The molecule has 2 heteroatoms. The lowest BCUT2D eigenvalue weighted by atomic mass is 9.86. The molecule has 0 amide bonds. The van der Waals surface area contributed by atoms with Gasteiger partial charge in [0.05, 0.1) is 0 Å². The molecule has 0 spiro atoms. The molecule has 2 bridgehead atoms. The number of benzene rings is 1. The summed E-state index contributed by atoms with van der Waals surface area (Å²) in [6, 6.07) is 11.5. The molecule has 100 valence electrons. The molecule has 1 aromatic rings. The summed E-state index contributed by atoms with van der Waals surface area (Å²) in [5.41, 5.74) is 1.35.